The van der Waals surface area contributed by atoms with E-state index in [0.717, 1.165) is 12.8 Å². The van der Waals surface area contributed by atoms with Gasteiger partial charge >= 0.3 is 11.9 Å². The van der Waals surface area contributed by atoms with Crippen LogP contribution in [0.25, 0.3) is 0 Å². The van der Waals surface area contributed by atoms with E-state index in [1.165, 1.54) is 0 Å². The summed E-state index contributed by atoms with van der Waals surface area (Å²) >= 11 is 0. The first-order valence-electron chi connectivity index (χ1n) is 11.8. The van der Waals surface area contributed by atoms with Crippen LogP contribution in [0.2, 0.25) is 0 Å². The SMILES string of the molecule is CC(C)(C)OC(=O)[C@H]1OC2(CCCC2)O[C@]1(C(=O)OC(C)(C)C)[C@H](O)CC(=O)c1ccccc1. The molecular formula is C26H36O8. The van der Waals surface area contributed by atoms with Gasteiger partial charge in [-0.3, -0.25) is 4.79 Å². The molecule has 1 spiro atoms. The minimum absolute atomic E-state index is 0.365. The van der Waals surface area contributed by atoms with Gasteiger partial charge < -0.3 is 24.1 Å². The molecule has 1 aromatic rings. The fourth-order valence-electron chi connectivity index (χ4n) is 4.35. The molecule has 0 amide bonds. The Morgan fingerprint density at radius 3 is 2.09 bits per heavy atom. The number of aliphatic hydroxyl groups excluding tert-OH is 1. The molecule has 1 heterocycles. The van der Waals surface area contributed by atoms with Crippen LogP contribution in [0.5, 0.6) is 0 Å². The normalized spacial score (nSPS) is 25.2. The van der Waals surface area contributed by atoms with Crippen molar-refractivity contribution in [2.24, 2.45) is 0 Å². The van der Waals surface area contributed by atoms with Crippen molar-refractivity contribution in [3.8, 4) is 0 Å². The highest BCUT2D eigenvalue weighted by molar-refractivity contribution is 5.98. The number of carbonyl (C=O) groups excluding carboxylic acids is 3. The van der Waals surface area contributed by atoms with E-state index < -0.39 is 58.9 Å². The minimum Gasteiger partial charge on any atom is -0.458 e. The third-order valence-corrected chi connectivity index (χ3v) is 5.75. The van der Waals surface area contributed by atoms with Gasteiger partial charge in [0.05, 0.1) is 0 Å². The molecule has 188 valence electrons. The standard InChI is InChI=1S/C26H36O8/c1-23(2,3)32-21(29)20-26(22(30)33-24(4,5)6,34-25(31-20)14-10-11-15-25)19(28)16-18(27)17-12-8-7-9-13-17/h7-9,12-13,19-20,28H,10-11,14-16H2,1-6H3/t19-,20-,26-/m1/s1. The Kier molecular flexibility index (Phi) is 7.27. The van der Waals surface area contributed by atoms with Crippen LogP contribution in [-0.2, 0) is 28.5 Å². The van der Waals surface area contributed by atoms with Crippen molar-refractivity contribution in [1.29, 1.82) is 0 Å². The predicted molar refractivity (Wildman–Crippen MR) is 123 cm³/mol. The molecule has 3 atom stereocenters. The Bertz CT molecular complexity index is 905. The molecule has 0 bridgehead atoms. The summed E-state index contributed by atoms with van der Waals surface area (Å²) in [6, 6.07) is 8.41. The minimum atomic E-state index is -2.26. The smallest absolute Gasteiger partial charge is 0.345 e. The third kappa shape index (κ3) is 5.67. The van der Waals surface area contributed by atoms with Gasteiger partial charge in [0.1, 0.15) is 17.3 Å². The van der Waals surface area contributed by atoms with Crippen LogP contribution in [0, 0.1) is 0 Å². The molecule has 0 unspecified atom stereocenters. The monoisotopic (exact) mass is 476 g/mol. The lowest BCUT2D eigenvalue weighted by Gasteiger charge is -2.37. The molecule has 2 aliphatic rings. The van der Waals surface area contributed by atoms with Gasteiger partial charge in [0.2, 0.25) is 11.7 Å². The second-order valence-corrected chi connectivity index (χ2v) is 11.1. The molecule has 0 radical (unpaired) electrons. The van der Waals surface area contributed by atoms with Gasteiger partial charge in [-0.2, -0.15) is 0 Å². The number of hydrogen-bond donors (Lipinski definition) is 1. The lowest BCUT2D eigenvalue weighted by molar-refractivity contribution is -0.221. The van der Waals surface area contributed by atoms with Crippen molar-refractivity contribution >= 4 is 17.7 Å². The van der Waals surface area contributed by atoms with E-state index in [1.54, 1.807) is 71.9 Å². The molecule has 2 fully saturated rings. The van der Waals surface area contributed by atoms with Gasteiger partial charge in [0.25, 0.3) is 0 Å². The first kappa shape index (κ1) is 26.3. The second kappa shape index (κ2) is 9.40. The lowest BCUT2D eigenvalue weighted by atomic mass is 9.85. The molecule has 1 saturated carbocycles. The molecule has 3 rings (SSSR count). The van der Waals surface area contributed by atoms with Crippen molar-refractivity contribution in [3.63, 3.8) is 0 Å². The van der Waals surface area contributed by atoms with Crippen LogP contribution in [0.4, 0.5) is 0 Å². The van der Waals surface area contributed by atoms with Gasteiger partial charge in [-0.15, -0.1) is 0 Å². The van der Waals surface area contributed by atoms with Crippen LogP contribution in [-0.4, -0.2) is 57.6 Å². The summed E-state index contributed by atoms with van der Waals surface area (Å²) in [6.07, 6.45) is -1.37. The topological polar surface area (TPSA) is 108 Å². The number of rotatable bonds is 6. The van der Waals surface area contributed by atoms with Crippen LogP contribution in [0.3, 0.4) is 0 Å². The number of hydrogen-bond acceptors (Lipinski definition) is 8. The van der Waals surface area contributed by atoms with E-state index in [1.807, 2.05) is 0 Å². The maximum atomic E-state index is 13.7. The number of aliphatic hydroxyl groups is 1. The zero-order chi connectivity index (χ0) is 25.4. The molecule has 1 aliphatic carbocycles. The Labute approximate surface area is 200 Å². The first-order chi connectivity index (χ1) is 15.7. The molecule has 0 aromatic heterocycles. The van der Waals surface area contributed by atoms with Crippen LogP contribution in [0.15, 0.2) is 30.3 Å². The Hall–Kier alpha value is -2.29. The van der Waals surface area contributed by atoms with Gasteiger partial charge in [0.15, 0.2) is 11.6 Å². The quantitative estimate of drug-likeness (QED) is 0.489. The predicted octanol–water partition coefficient (Wildman–Crippen LogP) is 3.73. The Morgan fingerprint density at radius 2 is 1.56 bits per heavy atom. The maximum Gasteiger partial charge on any atom is 0.345 e. The average molecular weight is 477 g/mol. The van der Waals surface area contributed by atoms with E-state index >= 15 is 0 Å². The van der Waals surface area contributed by atoms with Gasteiger partial charge in [-0.25, -0.2) is 9.59 Å². The fraction of sp³-hybridized carbons (Fsp3) is 0.654. The van der Waals surface area contributed by atoms with Crippen LogP contribution in [0.1, 0.15) is 84.0 Å². The summed E-state index contributed by atoms with van der Waals surface area (Å²) in [5.74, 6) is -3.47. The highest BCUT2D eigenvalue weighted by Crippen LogP contribution is 2.49. The van der Waals surface area contributed by atoms with Crippen LogP contribution < -0.4 is 0 Å². The highest BCUT2D eigenvalue weighted by atomic mass is 16.8. The van der Waals surface area contributed by atoms with Crippen molar-refractivity contribution < 1.29 is 38.4 Å². The summed E-state index contributed by atoms with van der Waals surface area (Å²) < 4.78 is 23.5. The van der Waals surface area contributed by atoms with E-state index in [-0.39, 0.29) is 0 Å². The second-order valence-electron chi connectivity index (χ2n) is 11.1. The highest BCUT2D eigenvalue weighted by Gasteiger charge is 2.69. The lowest BCUT2D eigenvalue weighted by Crippen LogP contribution is -2.62. The molecule has 34 heavy (non-hydrogen) atoms. The zero-order valence-electron chi connectivity index (χ0n) is 20.9. The maximum absolute atomic E-state index is 13.7. The van der Waals surface area contributed by atoms with Crippen LogP contribution >= 0.6 is 0 Å². The van der Waals surface area contributed by atoms with Gasteiger partial charge in [0, 0.05) is 24.8 Å². The molecule has 1 saturated heterocycles. The van der Waals surface area contributed by atoms with Crippen molar-refractivity contribution in [2.45, 2.75) is 108 Å². The number of benzene rings is 1. The number of ether oxygens (including phenoxy) is 4. The summed E-state index contributed by atoms with van der Waals surface area (Å²) in [4.78, 5) is 39.9. The Balaban J connectivity index is 2.05. The zero-order valence-corrected chi connectivity index (χ0v) is 20.9. The number of esters is 2. The summed E-state index contributed by atoms with van der Waals surface area (Å²) in [5.41, 5.74) is -3.72. The van der Waals surface area contributed by atoms with Gasteiger partial charge in [-0.1, -0.05) is 30.3 Å². The van der Waals surface area contributed by atoms with Crippen molar-refractivity contribution in [1.82, 2.24) is 0 Å². The largest absolute Gasteiger partial charge is 0.458 e. The summed E-state index contributed by atoms with van der Waals surface area (Å²) in [6.45, 7) is 10.1. The van der Waals surface area contributed by atoms with Crippen molar-refractivity contribution in [3.05, 3.63) is 35.9 Å². The number of carbonyl (C=O) groups is 3. The number of ketones is 1. The Morgan fingerprint density at radius 1 is 1.00 bits per heavy atom. The van der Waals surface area contributed by atoms with E-state index in [9.17, 15) is 19.5 Å². The van der Waals surface area contributed by atoms with E-state index in [4.69, 9.17) is 18.9 Å². The first-order valence-corrected chi connectivity index (χ1v) is 11.8. The van der Waals surface area contributed by atoms with Crippen molar-refractivity contribution in [2.75, 3.05) is 0 Å². The molecule has 8 heteroatoms. The van der Waals surface area contributed by atoms with Gasteiger partial charge in [-0.05, 0) is 54.4 Å². The van der Waals surface area contributed by atoms with E-state index in [0.29, 0.717) is 18.4 Å². The summed E-state index contributed by atoms with van der Waals surface area (Å²) in [5, 5.41) is 11.4. The van der Waals surface area contributed by atoms with E-state index in [2.05, 4.69) is 0 Å². The number of Topliss-reactive ketones (excluding diaryl/α,β-unsaturated/α-hetero) is 1. The average Bonchev–Trinajstić information content (AvgIpc) is 3.31. The summed E-state index contributed by atoms with van der Waals surface area (Å²) in [7, 11) is 0. The third-order valence-electron chi connectivity index (χ3n) is 5.75. The molecule has 1 aromatic carbocycles. The molecular weight excluding hydrogens is 440 g/mol. The molecule has 1 aliphatic heterocycles. The molecule has 1 N–H and O–H groups in total. The molecule has 8 nitrogen and oxygen atoms in total. The fourth-order valence-corrected chi connectivity index (χ4v) is 4.35.